The monoisotopic (exact) mass is 344 g/mol. The van der Waals surface area contributed by atoms with Gasteiger partial charge in [-0.1, -0.05) is 35.4 Å². The number of aryl methyl sites for hydroxylation is 2. The van der Waals surface area contributed by atoms with Crippen LogP contribution in [0.25, 0.3) is 0 Å². The molecule has 0 atom stereocenters. The Morgan fingerprint density at radius 1 is 1.08 bits per heavy atom. The quantitative estimate of drug-likeness (QED) is 0.744. The molecule has 0 aliphatic rings. The van der Waals surface area contributed by atoms with Crippen molar-refractivity contribution in [1.82, 2.24) is 5.32 Å². The lowest BCUT2D eigenvalue weighted by Crippen LogP contribution is -2.30. The third-order valence-electron chi connectivity index (χ3n) is 4.04. The molecule has 0 saturated carbocycles. The molecule has 0 radical (unpaired) electrons. The van der Waals surface area contributed by atoms with Gasteiger partial charge in [0.15, 0.2) is 0 Å². The van der Waals surface area contributed by atoms with E-state index in [-0.39, 0.29) is 5.91 Å². The first-order valence-corrected chi connectivity index (χ1v) is 8.75. The van der Waals surface area contributed by atoms with E-state index < -0.39 is 0 Å². The molecular formula is C20H25ClN2O. The van der Waals surface area contributed by atoms with Crippen LogP contribution in [0.2, 0.25) is 5.02 Å². The smallest absolute Gasteiger partial charge is 0.252 e. The zero-order chi connectivity index (χ0) is 17.5. The van der Waals surface area contributed by atoms with E-state index in [4.69, 9.17) is 11.6 Å². The fourth-order valence-corrected chi connectivity index (χ4v) is 2.92. The van der Waals surface area contributed by atoms with Crippen molar-refractivity contribution in [2.75, 3.05) is 24.5 Å². The van der Waals surface area contributed by atoms with Crippen LogP contribution in [0, 0.1) is 13.8 Å². The van der Waals surface area contributed by atoms with Crippen molar-refractivity contribution in [3.8, 4) is 0 Å². The molecular weight excluding hydrogens is 320 g/mol. The summed E-state index contributed by atoms with van der Waals surface area (Å²) in [6.07, 6.45) is 0.886. The highest BCUT2D eigenvalue weighted by Gasteiger charge is 2.10. The largest absolute Gasteiger partial charge is 0.372 e. The molecule has 2 rings (SSSR count). The predicted octanol–water partition coefficient (Wildman–Crippen LogP) is 4.60. The minimum absolute atomic E-state index is 0.113. The van der Waals surface area contributed by atoms with Gasteiger partial charge in [0.05, 0.1) is 10.6 Å². The Hall–Kier alpha value is -2.00. The summed E-state index contributed by atoms with van der Waals surface area (Å²) >= 11 is 6.13. The second kappa shape index (κ2) is 8.74. The number of carbonyl (C=O) groups excluding carboxylic acids is 1. The first kappa shape index (κ1) is 18.3. The number of nitrogens with zero attached hydrogens (tertiary/aromatic N) is 1. The van der Waals surface area contributed by atoms with Crippen molar-refractivity contribution >= 4 is 23.2 Å². The molecule has 0 saturated heterocycles. The molecule has 2 aromatic carbocycles. The third-order valence-corrected chi connectivity index (χ3v) is 4.35. The fraction of sp³-hybridized carbons (Fsp3) is 0.350. The van der Waals surface area contributed by atoms with Gasteiger partial charge in [-0.25, -0.2) is 0 Å². The van der Waals surface area contributed by atoms with Crippen molar-refractivity contribution in [3.63, 3.8) is 0 Å². The van der Waals surface area contributed by atoms with Crippen LogP contribution in [0.4, 0.5) is 5.69 Å². The standard InChI is InChI=1S/C20H25ClN2O/c1-4-23(17-9-6-15(2)7-10-17)13-5-12-22-20(24)18-11-8-16(3)14-19(18)21/h6-11,14H,4-5,12-13H2,1-3H3,(H,22,24). The van der Waals surface area contributed by atoms with Crippen LogP contribution < -0.4 is 10.2 Å². The average Bonchev–Trinajstić information content (AvgIpc) is 2.56. The number of halogens is 1. The molecule has 0 unspecified atom stereocenters. The Morgan fingerprint density at radius 3 is 2.38 bits per heavy atom. The Bertz CT molecular complexity index is 683. The van der Waals surface area contributed by atoms with Crippen molar-refractivity contribution in [1.29, 1.82) is 0 Å². The number of hydrogen-bond acceptors (Lipinski definition) is 2. The summed E-state index contributed by atoms with van der Waals surface area (Å²) in [5.41, 5.74) is 4.06. The SMILES string of the molecule is CCN(CCCNC(=O)c1ccc(C)cc1Cl)c1ccc(C)cc1. The lowest BCUT2D eigenvalue weighted by atomic mass is 10.1. The van der Waals surface area contributed by atoms with Gasteiger partial charge in [-0.15, -0.1) is 0 Å². The van der Waals surface area contributed by atoms with Crippen LogP contribution in [-0.2, 0) is 0 Å². The molecule has 4 heteroatoms. The molecule has 0 bridgehead atoms. The van der Waals surface area contributed by atoms with Crippen LogP contribution in [0.3, 0.4) is 0 Å². The summed E-state index contributed by atoms with van der Waals surface area (Å²) in [6, 6.07) is 14.0. The zero-order valence-corrected chi connectivity index (χ0v) is 15.4. The third kappa shape index (κ3) is 5.00. The summed E-state index contributed by atoms with van der Waals surface area (Å²) in [4.78, 5) is 14.5. The minimum Gasteiger partial charge on any atom is -0.372 e. The molecule has 128 valence electrons. The first-order chi connectivity index (χ1) is 11.5. The topological polar surface area (TPSA) is 32.3 Å². The van der Waals surface area contributed by atoms with Gasteiger partial charge in [-0.2, -0.15) is 0 Å². The van der Waals surface area contributed by atoms with Crippen molar-refractivity contribution < 1.29 is 4.79 Å². The molecule has 0 spiro atoms. The second-order valence-electron chi connectivity index (χ2n) is 6.01. The number of amides is 1. The summed E-state index contributed by atoms with van der Waals surface area (Å²) in [5.74, 6) is -0.113. The molecule has 3 nitrogen and oxygen atoms in total. The number of carbonyl (C=O) groups is 1. The Morgan fingerprint density at radius 2 is 1.75 bits per heavy atom. The maximum absolute atomic E-state index is 12.2. The van der Waals surface area contributed by atoms with Crippen LogP contribution in [0.5, 0.6) is 0 Å². The summed E-state index contributed by atoms with van der Waals surface area (Å²) < 4.78 is 0. The molecule has 0 aliphatic heterocycles. The van der Waals surface area contributed by atoms with E-state index in [9.17, 15) is 4.79 Å². The van der Waals surface area contributed by atoms with E-state index >= 15 is 0 Å². The summed E-state index contributed by atoms with van der Waals surface area (Å²) in [7, 11) is 0. The van der Waals surface area contributed by atoms with Crippen molar-refractivity contribution in [3.05, 3.63) is 64.2 Å². The van der Waals surface area contributed by atoms with Crippen molar-refractivity contribution in [2.45, 2.75) is 27.2 Å². The highest BCUT2D eigenvalue weighted by Crippen LogP contribution is 2.17. The van der Waals surface area contributed by atoms with E-state index in [2.05, 4.69) is 48.3 Å². The molecule has 0 aliphatic carbocycles. The zero-order valence-electron chi connectivity index (χ0n) is 14.6. The van der Waals surface area contributed by atoms with E-state index in [0.717, 1.165) is 25.1 Å². The fourth-order valence-electron chi connectivity index (χ4n) is 2.60. The van der Waals surface area contributed by atoms with Gasteiger partial charge >= 0.3 is 0 Å². The lowest BCUT2D eigenvalue weighted by Gasteiger charge is -2.23. The van der Waals surface area contributed by atoms with Crippen LogP contribution in [0.15, 0.2) is 42.5 Å². The van der Waals surface area contributed by atoms with E-state index in [1.54, 1.807) is 6.07 Å². The molecule has 24 heavy (non-hydrogen) atoms. The number of hydrogen-bond donors (Lipinski definition) is 1. The average molecular weight is 345 g/mol. The first-order valence-electron chi connectivity index (χ1n) is 8.37. The highest BCUT2D eigenvalue weighted by molar-refractivity contribution is 6.33. The maximum atomic E-state index is 12.2. The number of rotatable bonds is 7. The van der Waals surface area contributed by atoms with Gasteiger partial charge in [-0.05, 0) is 57.0 Å². The number of nitrogens with one attached hydrogen (secondary N) is 1. The van der Waals surface area contributed by atoms with Gasteiger partial charge in [0.2, 0.25) is 0 Å². The highest BCUT2D eigenvalue weighted by atomic mass is 35.5. The maximum Gasteiger partial charge on any atom is 0.252 e. The predicted molar refractivity (Wildman–Crippen MR) is 102 cm³/mol. The van der Waals surface area contributed by atoms with Gasteiger partial charge in [0, 0.05) is 25.3 Å². The van der Waals surface area contributed by atoms with Crippen LogP contribution in [-0.4, -0.2) is 25.5 Å². The number of anilines is 1. The van der Waals surface area contributed by atoms with E-state index in [0.29, 0.717) is 17.1 Å². The van der Waals surface area contributed by atoms with Crippen molar-refractivity contribution in [2.24, 2.45) is 0 Å². The van der Waals surface area contributed by atoms with E-state index in [1.807, 2.05) is 19.1 Å². The minimum atomic E-state index is -0.113. The molecule has 0 fully saturated rings. The molecule has 0 aromatic heterocycles. The number of benzene rings is 2. The Labute approximate surface area is 149 Å². The lowest BCUT2D eigenvalue weighted by molar-refractivity contribution is 0.0953. The molecule has 0 heterocycles. The van der Waals surface area contributed by atoms with Crippen LogP contribution >= 0.6 is 11.6 Å². The summed E-state index contributed by atoms with van der Waals surface area (Å²) in [6.45, 7) is 8.67. The van der Waals surface area contributed by atoms with Gasteiger partial charge < -0.3 is 10.2 Å². The molecule has 2 aromatic rings. The van der Waals surface area contributed by atoms with Gasteiger partial charge in [-0.3, -0.25) is 4.79 Å². The molecule has 1 N–H and O–H groups in total. The Kier molecular flexibility index (Phi) is 6.68. The Balaban J connectivity index is 1.82. The van der Waals surface area contributed by atoms with Crippen LogP contribution in [0.1, 0.15) is 34.8 Å². The van der Waals surface area contributed by atoms with Gasteiger partial charge in [0.1, 0.15) is 0 Å². The van der Waals surface area contributed by atoms with Gasteiger partial charge in [0.25, 0.3) is 5.91 Å². The normalized spacial score (nSPS) is 10.5. The molecule has 1 amide bonds. The van der Waals surface area contributed by atoms with E-state index in [1.165, 1.54) is 11.3 Å². The summed E-state index contributed by atoms with van der Waals surface area (Å²) in [5, 5.41) is 3.45. The second-order valence-corrected chi connectivity index (χ2v) is 6.42.